The van der Waals surface area contributed by atoms with Gasteiger partial charge in [0.05, 0.1) is 18.8 Å². The second-order valence-corrected chi connectivity index (χ2v) is 9.14. The maximum atomic E-state index is 11.5. The molecule has 0 spiro atoms. The van der Waals surface area contributed by atoms with Gasteiger partial charge in [-0.3, -0.25) is 4.90 Å². The average Bonchev–Trinajstić information content (AvgIpc) is 2.81. The zero-order valence-corrected chi connectivity index (χ0v) is 19.1. The van der Waals surface area contributed by atoms with Crippen LogP contribution < -0.4 is 4.74 Å². The average molecular weight is 438 g/mol. The molecule has 2 aromatic carbocycles. The van der Waals surface area contributed by atoms with Gasteiger partial charge in [0.25, 0.3) is 0 Å². The molecule has 1 aliphatic carbocycles. The number of aromatic carboxylic acids is 1. The monoisotopic (exact) mass is 437 g/mol. The molecule has 4 rings (SSSR count). The lowest BCUT2D eigenvalue weighted by Crippen LogP contribution is -2.39. The Kier molecular flexibility index (Phi) is 7.82. The van der Waals surface area contributed by atoms with Crippen LogP contribution in [0.4, 0.5) is 0 Å². The summed E-state index contributed by atoms with van der Waals surface area (Å²) in [5, 5.41) is 9.42. The molecular formula is C27H35NO4. The van der Waals surface area contributed by atoms with Gasteiger partial charge < -0.3 is 14.6 Å². The zero-order valence-electron chi connectivity index (χ0n) is 19.1. The van der Waals surface area contributed by atoms with Crippen molar-refractivity contribution in [3.63, 3.8) is 0 Å². The Labute approximate surface area is 191 Å². The number of fused-ring (bicyclic) bond motifs is 3. The number of carbonyl (C=O) groups is 1. The van der Waals surface area contributed by atoms with Crippen molar-refractivity contribution in [1.82, 2.24) is 4.90 Å². The summed E-state index contributed by atoms with van der Waals surface area (Å²) in [4.78, 5) is 14.1. The van der Waals surface area contributed by atoms with E-state index in [2.05, 4.69) is 36.1 Å². The molecule has 1 saturated carbocycles. The van der Waals surface area contributed by atoms with Crippen LogP contribution in [0.2, 0.25) is 0 Å². The Balaban J connectivity index is 1.56. The fourth-order valence-electron chi connectivity index (χ4n) is 5.09. The topological polar surface area (TPSA) is 59.0 Å². The summed E-state index contributed by atoms with van der Waals surface area (Å²) in [6.07, 6.45) is 7.14. The van der Waals surface area contributed by atoms with Gasteiger partial charge in [0.2, 0.25) is 0 Å². The largest absolute Gasteiger partial charge is 0.491 e. The van der Waals surface area contributed by atoms with E-state index in [4.69, 9.17) is 9.47 Å². The molecule has 0 aromatic heterocycles. The highest BCUT2D eigenvalue weighted by Crippen LogP contribution is 2.30. The summed E-state index contributed by atoms with van der Waals surface area (Å²) in [5.41, 5.74) is 3.66. The van der Waals surface area contributed by atoms with E-state index in [0.717, 1.165) is 30.3 Å². The molecular weight excluding hydrogens is 402 g/mol. The second kappa shape index (κ2) is 11.0. The minimum absolute atomic E-state index is 0.287. The molecule has 1 heterocycles. The maximum Gasteiger partial charge on any atom is 0.335 e. The Morgan fingerprint density at radius 1 is 1.03 bits per heavy atom. The van der Waals surface area contributed by atoms with Gasteiger partial charge in [-0.1, -0.05) is 37.6 Å². The van der Waals surface area contributed by atoms with E-state index in [-0.39, 0.29) is 5.56 Å². The van der Waals surface area contributed by atoms with Crippen LogP contribution in [0.3, 0.4) is 0 Å². The highest BCUT2D eigenvalue weighted by atomic mass is 16.5. The summed E-state index contributed by atoms with van der Waals surface area (Å²) < 4.78 is 11.9. The van der Waals surface area contributed by atoms with Crippen molar-refractivity contribution >= 4 is 5.97 Å². The Morgan fingerprint density at radius 3 is 2.62 bits per heavy atom. The Morgan fingerprint density at radius 2 is 1.84 bits per heavy atom. The van der Waals surface area contributed by atoms with Crippen LogP contribution in [0.25, 0.3) is 0 Å². The fraction of sp³-hybridized carbons (Fsp3) is 0.519. The van der Waals surface area contributed by atoms with Crippen molar-refractivity contribution in [3.05, 3.63) is 64.7 Å². The van der Waals surface area contributed by atoms with Crippen LogP contribution >= 0.6 is 0 Å². The van der Waals surface area contributed by atoms with Crippen molar-refractivity contribution in [3.8, 4) is 5.75 Å². The minimum Gasteiger partial charge on any atom is -0.491 e. The van der Waals surface area contributed by atoms with Crippen molar-refractivity contribution in [2.45, 2.75) is 58.0 Å². The van der Waals surface area contributed by atoms with Gasteiger partial charge in [-0.25, -0.2) is 4.79 Å². The molecule has 2 aliphatic rings. The molecule has 5 heteroatoms. The SMILES string of the molecule is CCC1CCC(N2CCOCCOc3ccc(C(=O)O)cc3Cc3cccc(c3)C2)CC1. The van der Waals surface area contributed by atoms with E-state index in [1.54, 1.807) is 18.2 Å². The van der Waals surface area contributed by atoms with Crippen LogP contribution in [-0.4, -0.2) is 48.4 Å². The van der Waals surface area contributed by atoms with Gasteiger partial charge in [-0.2, -0.15) is 0 Å². The molecule has 5 nitrogen and oxygen atoms in total. The van der Waals surface area contributed by atoms with E-state index >= 15 is 0 Å². The first-order valence-electron chi connectivity index (χ1n) is 12.0. The molecule has 0 amide bonds. The number of nitrogens with zero attached hydrogens (tertiary/aromatic N) is 1. The predicted octanol–water partition coefficient (Wildman–Crippen LogP) is 5.16. The summed E-state index contributed by atoms with van der Waals surface area (Å²) in [5.74, 6) is 0.701. The van der Waals surface area contributed by atoms with Crippen LogP contribution in [0, 0.1) is 5.92 Å². The lowest BCUT2D eigenvalue weighted by Gasteiger charge is -2.37. The predicted molar refractivity (Wildman–Crippen MR) is 125 cm³/mol. The first-order chi connectivity index (χ1) is 15.6. The van der Waals surface area contributed by atoms with Gasteiger partial charge in [0.1, 0.15) is 12.4 Å². The summed E-state index contributed by atoms with van der Waals surface area (Å²) in [6.45, 7) is 5.86. The third kappa shape index (κ3) is 5.90. The lowest BCUT2D eigenvalue weighted by atomic mass is 9.84. The van der Waals surface area contributed by atoms with E-state index in [9.17, 15) is 9.90 Å². The van der Waals surface area contributed by atoms with Crippen LogP contribution in [0.1, 0.15) is 66.1 Å². The first-order valence-corrected chi connectivity index (χ1v) is 12.0. The van der Waals surface area contributed by atoms with Gasteiger partial charge in [-0.05, 0) is 66.5 Å². The Bertz CT molecular complexity index is 904. The van der Waals surface area contributed by atoms with Gasteiger partial charge in [0, 0.05) is 25.6 Å². The van der Waals surface area contributed by atoms with Crippen molar-refractivity contribution < 1.29 is 19.4 Å². The quantitative estimate of drug-likeness (QED) is 0.719. The van der Waals surface area contributed by atoms with E-state index in [1.165, 1.54) is 43.2 Å². The van der Waals surface area contributed by atoms with Gasteiger partial charge in [-0.15, -0.1) is 0 Å². The molecule has 32 heavy (non-hydrogen) atoms. The number of carboxylic acids is 1. The second-order valence-electron chi connectivity index (χ2n) is 9.14. The molecule has 0 atom stereocenters. The highest BCUT2D eigenvalue weighted by Gasteiger charge is 2.25. The van der Waals surface area contributed by atoms with Gasteiger partial charge in [0.15, 0.2) is 0 Å². The molecule has 1 aliphatic heterocycles. The van der Waals surface area contributed by atoms with Crippen LogP contribution in [-0.2, 0) is 17.7 Å². The van der Waals surface area contributed by atoms with Crippen LogP contribution in [0.15, 0.2) is 42.5 Å². The van der Waals surface area contributed by atoms with Crippen molar-refractivity contribution in [2.24, 2.45) is 5.92 Å². The summed E-state index contributed by atoms with van der Waals surface area (Å²) in [7, 11) is 0. The highest BCUT2D eigenvalue weighted by molar-refractivity contribution is 5.88. The summed E-state index contributed by atoms with van der Waals surface area (Å²) >= 11 is 0. The number of ether oxygens (including phenoxy) is 2. The lowest BCUT2D eigenvalue weighted by molar-refractivity contribution is 0.0532. The molecule has 1 N–H and O–H groups in total. The number of hydrogen-bond acceptors (Lipinski definition) is 4. The van der Waals surface area contributed by atoms with Crippen molar-refractivity contribution in [1.29, 1.82) is 0 Å². The molecule has 0 radical (unpaired) electrons. The molecule has 2 aromatic rings. The first kappa shape index (κ1) is 22.8. The smallest absolute Gasteiger partial charge is 0.335 e. The Hall–Kier alpha value is -2.37. The number of carboxylic acid groups (broad SMARTS) is 1. The maximum absolute atomic E-state index is 11.5. The van der Waals surface area contributed by atoms with Gasteiger partial charge >= 0.3 is 5.97 Å². The molecule has 1 fully saturated rings. The van der Waals surface area contributed by atoms with E-state index < -0.39 is 5.97 Å². The minimum atomic E-state index is -0.919. The molecule has 0 unspecified atom stereocenters. The van der Waals surface area contributed by atoms with Crippen LogP contribution in [0.5, 0.6) is 5.75 Å². The normalized spacial score (nSPS) is 22.9. The van der Waals surface area contributed by atoms with E-state index in [0.29, 0.717) is 32.3 Å². The standard InChI is InChI=1S/C27H35NO4/c1-2-20-6-9-25(10-7-20)28-12-13-31-14-15-32-26-11-8-23(27(29)30)18-24(26)17-21-4-3-5-22(16-21)19-28/h3-5,8,11,16,18,20,25H,2,6-7,9-10,12-15,17,19H2,1H3,(H,29,30). The molecule has 172 valence electrons. The third-order valence-electron chi connectivity index (χ3n) is 7.00. The number of hydrogen-bond donors (Lipinski definition) is 1. The van der Waals surface area contributed by atoms with E-state index in [1.807, 2.05) is 0 Å². The fourth-order valence-corrected chi connectivity index (χ4v) is 5.09. The number of benzene rings is 2. The zero-order chi connectivity index (χ0) is 22.3. The molecule has 2 bridgehead atoms. The third-order valence-corrected chi connectivity index (χ3v) is 7.00. The van der Waals surface area contributed by atoms with Crippen molar-refractivity contribution in [2.75, 3.05) is 26.4 Å². The number of rotatable bonds is 3. The molecule has 0 saturated heterocycles. The summed E-state index contributed by atoms with van der Waals surface area (Å²) in [6, 6.07) is 14.4.